The second kappa shape index (κ2) is 10.5. The highest BCUT2D eigenvalue weighted by molar-refractivity contribution is 4.94. The summed E-state index contributed by atoms with van der Waals surface area (Å²) in [4.78, 5) is 0. The van der Waals surface area contributed by atoms with Gasteiger partial charge in [-0.15, -0.1) is 0 Å². The highest BCUT2D eigenvalue weighted by Crippen LogP contribution is 2.30. The fourth-order valence-corrected chi connectivity index (χ4v) is 3.27. The van der Waals surface area contributed by atoms with Crippen molar-refractivity contribution in [2.24, 2.45) is 0 Å². The van der Waals surface area contributed by atoms with Crippen LogP contribution in [0.15, 0.2) is 0 Å². The molecule has 0 aliphatic carbocycles. The van der Waals surface area contributed by atoms with E-state index in [0.717, 1.165) is 0 Å². The van der Waals surface area contributed by atoms with Crippen LogP contribution < -0.4 is 0 Å². The number of hydrogen-bond donors (Lipinski definition) is 6. The molecule has 0 spiro atoms. The smallest absolute Gasteiger partial charge is 0.187 e. The largest absolute Gasteiger partial charge is 0.394 e. The average Bonchev–Trinajstić information content (AvgIpc) is 2.70. The minimum absolute atomic E-state index is 0.240. The van der Waals surface area contributed by atoms with E-state index in [-0.39, 0.29) is 6.10 Å². The molecule has 6 N–H and O–H groups in total. The van der Waals surface area contributed by atoms with Gasteiger partial charge in [0.1, 0.15) is 48.8 Å². The van der Waals surface area contributed by atoms with Crippen LogP contribution in [0.2, 0.25) is 0 Å². The molecule has 28 heavy (non-hydrogen) atoms. The molecule has 0 radical (unpaired) electrons. The second-order valence-electron chi connectivity index (χ2n) is 7.07. The van der Waals surface area contributed by atoms with Crippen molar-refractivity contribution in [1.82, 2.24) is 0 Å². The molecule has 11 heteroatoms. The summed E-state index contributed by atoms with van der Waals surface area (Å²) in [5.74, 6) is 0. The first-order chi connectivity index (χ1) is 13.3. The highest BCUT2D eigenvalue weighted by Gasteiger charge is 2.51. The summed E-state index contributed by atoms with van der Waals surface area (Å²) in [6.07, 6.45) is -12.6. The summed E-state index contributed by atoms with van der Waals surface area (Å²) in [5.41, 5.74) is 0. The third kappa shape index (κ3) is 4.99. The molecule has 2 saturated heterocycles. The minimum atomic E-state index is -1.57. The van der Waals surface area contributed by atoms with Crippen molar-refractivity contribution in [3.63, 3.8) is 0 Å². The van der Waals surface area contributed by atoms with Gasteiger partial charge in [-0.1, -0.05) is 6.92 Å². The molecule has 2 fully saturated rings. The zero-order valence-electron chi connectivity index (χ0n) is 16.2. The number of methoxy groups -OCH3 is 1. The van der Waals surface area contributed by atoms with Crippen molar-refractivity contribution in [3.05, 3.63) is 0 Å². The van der Waals surface area contributed by atoms with Crippen LogP contribution in [0, 0.1) is 0 Å². The van der Waals surface area contributed by atoms with Crippen LogP contribution in [0.3, 0.4) is 0 Å². The number of hydrogen-bond acceptors (Lipinski definition) is 11. The van der Waals surface area contributed by atoms with Crippen molar-refractivity contribution in [2.75, 3.05) is 20.3 Å². The molecule has 10 unspecified atom stereocenters. The second-order valence-corrected chi connectivity index (χ2v) is 7.07. The van der Waals surface area contributed by atoms with E-state index in [2.05, 4.69) is 0 Å². The van der Waals surface area contributed by atoms with Gasteiger partial charge in [-0.2, -0.15) is 0 Å². The molecule has 166 valence electrons. The maximum absolute atomic E-state index is 10.4. The molecule has 0 aromatic carbocycles. The van der Waals surface area contributed by atoms with E-state index < -0.39 is 74.6 Å². The molecular weight excluding hydrogens is 380 g/mol. The maximum atomic E-state index is 10.4. The molecule has 0 amide bonds. The van der Waals surface area contributed by atoms with Gasteiger partial charge in [-0.25, -0.2) is 0 Å². The summed E-state index contributed by atoms with van der Waals surface area (Å²) in [7, 11) is 1.27. The first-order valence-corrected chi connectivity index (χ1v) is 9.37. The molecule has 11 atom stereocenters. The monoisotopic (exact) mass is 412 g/mol. The molecule has 2 aliphatic rings. The summed E-state index contributed by atoms with van der Waals surface area (Å²) < 4.78 is 27.0. The summed E-state index contributed by atoms with van der Waals surface area (Å²) in [6, 6.07) is 0. The lowest BCUT2D eigenvalue weighted by molar-refractivity contribution is -0.361. The predicted octanol–water partition coefficient (Wildman–Crippen LogP) is -2.92. The summed E-state index contributed by atoms with van der Waals surface area (Å²) in [5, 5.41) is 60.4. The van der Waals surface area contributed by atoms with Crippen LogP contribution in [-0.2, 0) is 23.7 Å². The van der Waals surface area contributed by atoms with Gasteiger partial charge in [0.2, 0.25) is 0 Å². The Kier molecular flexibility index (Phi) is 8.98. The van der Waals surface area contributed by atoms with Crippen molar-refractivity contribution >= 4 is 0 Å². The first kappa shape index (κ1) is 23.8. The number of rotatable bonds is 8. The van der Waals surface area contributed by atoms with E-state index >= 15 is 0 Å². The van der Waals surface area contributed by atoms with Crippen molar-refractivity contribution in [3.8, 4) is 0 Å². The van der Waals surface area contributed by atoms with Crippen LogP contribution in [0.25, 0.3) is 0 Å². The molecule has 2 rings (SSSR count). The van der Waals surface area contributed by atoms with Gasteiger partial charge in [0, 0.05) is 7.11 Å². The van der Waals surface area contributed by atoms with E-state index in [9.17, 15) is 30.6 Å². The van der Waals surface area contributed by atoms with Crippen LogP contribution in [0.4, 0.5) is 0 Å². The highest BCUT2D eigenvalue weighted by atomic mass is 16.7. The Labute approximate surface area is 163 Å². The molecule has 0 aromatic rings. The fraction of sp³-hybridized carbons (Fsp3) is 1.00. The van der Waals surface area contributed by atoms with Gasteiger partial charge in [0.15, 0.2) is 12.6 Å². The Morgan fingerprint density at radius 2 is 1.32 bits per heavy atom. The van der Waals surface area contributed by atoms with Crippen LogP contribution in [0.5, 0.6) is 0 Å². The number of ether oxygens (including phenoxy) is 5. The first-order valence-electron chi connectivity index (χ1n) is 9.37. The Morgan fingerprint density at radius 1 is 0.821 bits per heavy atom. The predicted molar refractivity (Wildman–Crippen MR) is 92.0 cm³/mol. The van der Waals surface area contributed by atoms with Gasteiger partial charge >= 0.3 is 0 Å². The molecule has 0 aromatic heterocycles. The lowest BCUT2D eigenvalue weighted by Gasteiger charge is -2.46. The standard InChI is InChI=1S/C17H32O11/c1-4-7(2)25-14-8(5-18)27-17(13(23)11(14)21)28-15-9(6-19)26-16(24-3)12(22)10(15)20/h7-23H,4-6H2,1-3H3/t7-,8?,9?,10?,11?,12?,13?,14?,15?,16?,17?/m0/s1. The fourth-order valence-electron chi connectivity index (χ4n) is 3.27. The Hall–Kier alpha value is -0.440. The van der Waals surface area contributed by atoms with Crippen molar-refractivity contribution < 1.29 is 54.3 Å². The van der Waals surface area contributed by atoms with Gasteiger partial charge in [-0.3, -0.25) is 0 Å². The topological polar surface area (TPSA) is 168 Å². The van der Waals surface area contributed by atoms with E-state index in [4.69, 9.17) is 23.7 Å². The van der Waals surface area contributed by atoms with E-state index in [1.54, 1.807) is 6.92 Å². The molecule has 2 heterocycles. The Morgan fingerprint density at radius 3 is 1.86 bits per heavy atom. The van der Waals surface area contributed by atoms with Gasteiger partial charge in [0.05, 0.1) is 19.3 Å². The van der Waals surface area contributed by atoms with E-state index in [1.165, 1.54) is 7.11 Å². The summed E-state index contributed by atoms with van der Waals surface area (Å²) >= 11 is 0. The lowest BCUT2D eigenvalue weighted by atomic mass is 9.96. The molecule has 2 aliphatic heterocycles. The normalized spacial score (nSPS) is 45.8. The number of aliphatic hydroxyl groups is 6. The quantitative estimate of drug-likeness (QED) is 0.242. The zero-order chi connectivity index (χ0) is 21.0. The third-order valence-corrected chi connectivity index (χ3v) is 5.13. The van der Waals surface area contributed by atoms with E-state index in [1.807, 2.05) is 6.92 Å². The Bertz CT molecular complexity index is 462. The van der Waals surface area contributed by atoms with Crippen molar-refractivity contribution in [2.45, 2.75) is 87.8 Å². The molecule has 11 nitrogen and oxygen atoms in total. The Balaban J connectivity index is 2.12. The molecular formula is C17H32O11. The van der Waals surface area contributed by atoms with Crippen LogP contribution in [0.1, 0.15) is 20.3 Å². The van der Waals surface area contributed by atoms with Gasteiger partial charge < -0.3 is 54.3 Å². The summed E-state index contributed by atoms with van der Waals surface area (Å²) in [6.45, 7) is 2.59. The molecule has 0 saturated carbocycles. The average molecular weight is 412 g/mol. The van der Waals surface area contributed by atoms with Crippen molar-refractivity contribution in [1.29, 1.82) is 0 Å². The minimum Gasteiger partial charge on any atom is -0.394 e. The van der Waals surface area contributed by atoms with Crippen LogP contribution >= 0.6 is 0 Å². The van der Waals surface area contributed by atoms with Gasteiger partial charge in [-0.05, 0) is 13.3 Å². The number of aliphatic hydroxyl groups excluding tert-OH is 6. The maximum Gasteiger partial charge on any atom is 0.187 e. The molecule has 0 bridgehead atoms. The van der Waals surface area contributed by atoms with Gasteiger partial charge in [0.25, 0.3) is 0 Å². The SMILES string of the molecule is CC[C@H](C)OC1C(CO)OC(OC2C(CO)OC(OC)C(O)C2O)C(O)C1O. The lowest BCUT2D eigenvalue weighted by Crippen LogP contribution is -2.65. The zero-order valence-corrected chi connectivity index (χ0v) is 16.2. The van der Waals surface area contributed by atoms with E-state index in [0.29, 0.717) is 6.42 Å². The van der Waals surface area contributed by atoms with Crippen LogP contribution in [-0.4, -0.2) is 118 Å². The third-order valence-electron chi connectivity index (χ3n) is 5.13.